The molecule has 2 N–H and O–H groups in total. The Balaban J connectivity index is 2.06. The first-order valence-corrected chi connectivity index (χ1v) is 6.31. The standard InChI is InChI=1S/C13H15FN2O4/c14-9-4-10(6-11(5-9)16(19)20)15-8-13(2-1-3-13)7-12(17)18/h4-6,15H,1-3,7-8H2,(H,17,18). The summed E-state index contributed by atoms with van der Waals surface area (Å²) in [7, 11) is 0. The van der Waals surface area contributed by atoms with Crippen LogP contribution >= 0.6 is 0 Å². The third kappa shape index (κ3) is 3.23. The maximum atomic E-state index is 13.3. The Labute approximate surface area is 114 Å². The molecule has 1 aromatic carbocycles. The number of carbonyl (C=O) groups is 1. The van der Waals surface area contributed by atoms with Gasteiger partial charge in [0.15, 0.2) is 0 Å². The van der Waals surface area contributed by atoms with Crippen molar-refractivity contribution in [2.75, 3.05) is 11.9 Å². The van der Waals surface area contributed by atoms with Crippen molar-refractivity contribution in [3.63, 3.8) is 0 Å². The predicted octanol–water partition coefficient (Wildman–Crippen LogP) is 2.79. The van der Waals surface area contributed by atoms with E-state index in [0.29, 0.717) is 12.2 Å². The second kappa shape index (κ2) is 5.44. The molecule has 0 aliphatic heterocycles. The number of nitrogens with one attached hydrogen (secondary N) is 1. The summed E-state index contributed by atoms with van der Waals surface area (Å²) in [5.41, 5.74) is -0.353. The van der Waals surface area contributed by atoms with Gasteiger partial charge in [0.2, 0.25) is 0 Å². The number of rotatable bonds is 6. The summed E-state index contributed by atoms with van der Waals surface area (Å²) < 4.78 is 13.3. The van der Waals surface area contributed by atoms with Gasteiger partial charge in [-0.05, 0) is 24.3 Å². The molecule has 0 unspecified atom stereocenters. The lowest BCUT2D eigenvalue weighted by Crippen LogP contribution is -2.38. The van der Waals surface area contributed by atoms with E-state index >= 15 is 0 Å². The molecule has 6 nitrogen and oxygen atoms in total. The Morgan fingerprint density at radius 2 is 2.15 bits per heavy atom. The second-order valence-corrected chi connectivity index (χ2v) is 5.23. The van der Waals surface area contributed by atoms with Crippen molar-refractivity contribution in [1.82, 2.24) is 0 Å². The predicted molar refractivity (Wildman–Crippen MR) is 70.1 cm³/mol. The fourth-order valence-corrected chi connectivity index (χ4v) is 2.48. The maximum Gasteiger partial charge on any atom is 0.303 e. The van der Waals surface area contributed by atoms with Crippen molar-refractivity contribution in [2.45, 2.75) is 25.7 Å². The molecule has 7 heteroatoms. The van der Waals surface area contributed by atoms with E-state index in [4.69, 9.17) is 5.11 Å². The molecular weight excluding hydrogens is 267 g/mol. The molecule has 0 aromatic heterocycles. The molecule has 2 rings (SSSR count). The van der Waals surface area contributed by atoms with Gasteiger partial charge in [-0.1, -0.05) is 6.42 Å². The number of non-ortho nitro benzene ring substituents is 1. The average molecular weight is 282 g/mol. The molecule has 0 saturated heterocycles. The molecule has 0 spiro atoms. The lowest BCUT2D eigenvalue weighted by molar-refractivity contribution is -0.385. The summed E-state index contributed by atoms with van der Waals surface area (Å²) >= 11 is 0. The lowest BCUT2D eigenvalue weighted by Gasteiger charge is -2.41. The van der Waals surface area contributed by atoms with Gasteiger partial charge in [0, 0.05) is 18.3 Å². The number of nitrogens with zero attached hydrogens (tertiary/aromatic N) is 1. The van der Waals surface area contributed by atoms with Crippen LogP contribution in [0.2, 0.25) is 0 Å². The molecule has 1 aromatic rings. The number of anilines is 1. The summed E-state index contributed by atoms with van der Waals surface area (Å²) in [5.74, 6) is -1.56. The van der Waals surface area contributed by atoms with Gasteiger partial charge in [-0.2, -0.15) is 0 Å². The highest BCUT2D eigenvalue weighted by molar-refractivity contribution is 5.68. The zero-order chi connectivity index (χ0) is 14.8. The number of aliphatic carboxylic acids is 1. The van der Waals surface area contributed by atoms with E-state index in [1.165, 1.54) is 12.1 Å². The second-order valence-electron chi connectivity index (χ2n) is 5.23. The van der Waals surface area contributed by atoms with Crippen LogP contribution < -0.4 is 5.32 Å². The molecule has 0 amide bonds. The topological polar surface area (TPSA) is 92.5 Å². The smallest absolute Gasteiger partial charge is 0.303 e. The molecule has 1 fully saturated rings. The third-order valence-electron chi connectivity index (χ3n) is 3.70. The van der Waals surface area contributed by atoms with Crippen LogP contribution in [0.15, 0.2) is 18.2 Å². The van der Waals surface area contributed by atoms with Crippen LogP contribution in [-0.2, 0) is 4.79 Å². The van der Waals surface area contributed by atoms with Gasteiger partial charge in [0.05, 0.1) is 17.4 Å². The van der Waals surface area contributed by atoms with Crippen LogP contribution in [0, 0.1) is 21.3 Å². The zero-order valence-electron chi connectivity index (χ0n) is 10.8. The number of carboxylic acid groups (broad SMARTS) is 1. The number of nitro benzene ring substituents is 1. The highest BCUT2D eigenvalue weighted by Gasteiger charge is 2.38. The number of benzene rings is 1. The van der Waals surface area contributed by atoms with Crippen LogP contribution in [0.1, 0.15) is 25.7 Å². The first-order valence-electron chi connectivity index (χ1n) is 6.31. The molecule has 0 heterocycles. The monoisotopic (exact) mass is 282 g/mol. The van der Waals surface area contributed by atoms with E-state index in [0.717, 1.165) is 25.3 Å². The summed E-state index contributed by atoms with van der Waals surface area (Å²) in [6, 6.07) is 3.26. The van der Waals surface area contributed by atoms with Crippen molar-refractivity contribution in [1.29, 1.82) is 0 Å². The van der Waals surface area contributed by atoms with Gasteiger partial charge < -0.3 is 10.4 Å². The van der Waals surface area contributed by atoms with E-state index < -0.39 is 16.7 Å². The van der Waals surface area contributed by atoms with Crippen LogP contribution in [0.4, 0.5) is 15.8 Å². The van der Waals surface area contributed by atoms with Crippen molar-refractivity contribution < 1.29 is 19.2 Å². The van der Waals surface area contributed by atoms with Gasteiger partial charge >= 0.3 is 5.97 Å². The fraction of sp³-hybridized carbons (Fsp3) is 0.462. The summed E-state index contributed by atoms with van der Waals surface area (Å²) in [6.45, 7) is 0.375. The molecule has 20 heavy (non-hydrogen) atoms. The van der Waals surface area contributed by atoms with Gasteiger partial charge in [0.1, 0.15) is 5.82 Å². The summed E-state index contributed by atoms with van der Waals surface area (Å²) in [4.78, 5) is 20.8. The Hall–Kier alpha value is -2.18. The highest BCUT2D eigenvalue weighted by Crippen LogP contribution is 2.44. The van der Waals surface area contributed by atoms with Gasteiger partial charge in [-0.15, -0.1) is 0 Å². The van der Waals surface area contributed by atoms with Crippen LogP contribution in [0.25, 0.3) is 0 Å². The van der Waals surface area contributed by atoms with Crippen LogP contribution in [-0.4, -0.2) is 22.5 Å². The lowest BCUT2D eigenvalue weighted by atomic mass is 9.66. The Kier molecular flexibility index (Phi) is 3.87. The third-order valence-corrected chi connectivity index (χ3v) is 3.70. The van der Waals surface area contributed by atoms with Crippen molar-refractivity contribution in [3.05, 3.63) is 34.1 Å². The molecule has 1 aliphatic rings. The van der Waals surface area contributed by atoms with Gasteiger partial charge in [-0.25, -0.2) is 4.39 Å². The normalized spacial score (nSPS) is 16.2. The maximum absolute atomic E-state index is 13.3. The van der Waals surface area contributed by atoms with Gasteiger partial charge in [0.25, 0.3) is 5.69 Å². The minimum atomic E-state index is -0.864. The first kappa shape index (κ1) is 14.2. The molecule has 1 saturated carbocycles. The summed E-state index contributed by atoms with van der Waals surface area (Å²) in [6.07, 6.45) is 2.61. The Bertz CT molecular complexity index is 543. The zero-order valence-corrected chi connectivity index (χ0v) is 10.8. The minimum absolute atomic E-state index is 0.0530. The Morgan fingerprint density at radius 3 is 2.65 bits per heavy atom. The number of carboxylic acids is 1. The van der Waals surface area contributed by atoms with E-state index in [-0.39, 0.29) is 17.5 Å². The molecule has 1 aliphatic carbocycles. The van der Waals surface area contributed by atoms with E-state index in [2.05, 4.69) is 5.32 Å². The van der Waals surface area contributed by atoms with Crippen molar-refractivity contribution >= 4 is 17.3 Å². The van der Waals surface area contributed by atoms with Crippen LogP contribution in [0.5, 0.6) is 0 Å². The number of hydrogen-bond acceptors (Lipinski definition) is 4. The van der Waals surface area contributed by atoms with E-state index in [1.54, 1.807) is 0 Å². The largest absolute Gasteiger partial charge is 0.481 e. The number of halogens is 1. The van der Waals surface area contributed by atoms with E-state index in [1.807, 2.05) is 0 Å². The fourth-order valence-electron chi connectivity index (χ4n) is 2.48. The Morgan fingerprint density at radius 1 is 1.45 bits per heavy atom. The van der Waals surface area contributed by atoms with Crippen molar-refractivity contribution in [3.8, 4) is 0 Å². The van der Waals surface area contributed by atoms with Gasteiger partial charge in [-0.3, -0.25) is 14.9 Å². The molecule has 0 radical (unpaired) electrons. The SMILES string of the molecule is O=C(O)CC1(CNc2cc(F)cc([N+](=O)[O-])c2)CCC1. The quantitative estimate of drug-likeness (QED) is 0.618. The number of hydrogen-bond donors (Lipinski definition) is 2. The van der Waals surface area contributed by atoms with E-state index in [9.17, 15) is 19.3 Å². The molecular formula is C13H15FN2O4. The summed E-state index contributed by atoms with van der Waals surface area (Å²) in [5, 5.41) is 22.5. The minimum Gasteiger partial charge on any atom is -0.481 e. The molecule has 0 bridgehead atoms. The highest BCUT2D eigenvalue weighted by atomic mass is 19.1. The number of nitro groups is 1. The first-order chi connectivity index (χ1) is 9.40. The molecule has 0 atom stereocenters. The average Bonchev–Trinajstić information content (AvgIpc) is 2.31. The van der Waals surface area contributed by atoms with Crippen LogP contribution in [0.3, 0.4) is 0 Å². The van der Waals surface area contributed by atoms with Crippen molar-refractivity contribution in [2.24, 2.45) is 5.41 Å². The molecule has 108 valence electrons.